The second kappa shape index (κ2) is 16.5. The molecule has 0 saturated carbocycles. The summed E-state index contributed by atoms with van der Waals surface area (Å²) in [6.07, 6.45) is 9.40. The van der Waals surface area contributed by atoms with E-state index in [9.17, 15) is 24.8 Å². The number of carbonyl (C=O) groups is 3. The first-order valence-electron chi connectivity index (χ1n) is 14.0. The molecule has 1 aliphatic carbocycles. The molecule has 8 nitrogen and oxygen atoms in total. The first kappa shape index (κ1) is 32.5. The third kappa shape index (κ3) is 9.55. The Labute approximate surface area is 252 Å². The summed E-state index contributed by atoms with van der Waals surface area (Å²) in [7, 11) is 0. The van der Waals surface area contributed by atoms with Crippen molar-refractivity contribution in [3.05, 3.63) is 106 Å². The number of nitrogens with one attached hydrogen (secondary N) is 1. The number of hydrogen-bond donors (Lipinski definition) is 2. The fourth-order valence-electron chi connectivity index (χ4n) is 4.70. The van der Waals surface area contributed by atoms with E-state index in [2.05, 4.69) is 22.6 Å². The lowest BCUT2D eigenvalue weighted by atomic mass is 9.94. The lowest BCUT2D eigenvalue weighted by Gasteiger charge is -2.29. The molecule has 0 fully saturated rings. The van der Waals surface area contributed by atoms with E-state index in [0.717, 1.165) is 29.0 Å². The van der Waals surface area contributed by atoms with E-state index in [1.807, 2.05) is 61.5 Å². The van der Waals surface area contributed by atoms with Crippen LogP contribution in [0.2, 0.25) is 0 Å². The average Bonchev–Trinajstić information content (AvgIpc) is 3.20. The Balaban J connectivity index is 1.80. The van der Waals surface area contributed by atoms with Gasteiger partial charge in [0, 0.05) is 36.5 Å². The van der Waals surface area contributed by atoms with Crippen LogP contribution >= 0.6 is 11.9 Å². The molecule has 0 aliphatic heterocycles. The van der Waals surface area contributed by atoms with Gasteiger partial charge in [-0.25, -0.2) is 9.21 Å². The number of allylic oxidation sites excluding steroid dienone is 5. The summed E-state index contributed by atoms with van der Waals surface area (Å²) in [4.78, 5) is 39.4. The number of carboxylic acid groups (broad SMARTS) is 1. The Morgan fingerprint density at radius 3 is 2.45 bits per heavy atom. The summed E-state index contributed by atoms with van der Waals surface area (Å²) in [6.45, 7) is 6.22. The Bertz CT molecular complexity index is 1380. The van der Waals surface area contributed by atoms with Gasteiger partial charge in [0.1, 0.15) is 0 Å². The minimum atomic E-state index is -0.969. The summed E-state index contributed by atoms with van der Waals surface area (Å²) in [5.74, 6) is -2.17. The third-order valence-electron chi connectivity index (χ3n) is 6.78. The van der Waals surface area contributed by atoms with Crippen molar-refractivity contribution in [3.8, 4) is 6.07 Å². The molecule has 2 aromatic carbocycles. The van der Waals surface area contributed by atoms with Gasteiger partial charge in [0.05, 0.1) is 24.2 Å². The molecular formula is C33H38N4O4S. The standard InChI is InChI=1S/C33H38N4O4S/c1-4-19-36(23-27(21-34)31(35-22-32(39)40)20-26-12-6-5-7-13-26)42-29-15-10-14-28(17-18-29)37(25(3)38)33(41)30-16-9-8-11-24(30)2/h5-14,16-18,27,31,35H,4,15,19-20,22-23H2,1-3H3,(H,39,40)/t27?,31-/m0/s1. The number of nitrogens with zero attached hydrogens (tertiary/aromatic N) is 3. The smallest absolute Gasteiger partial charge is 0.317 e. The lowest BCUT2D eigenvalue weighted by Crippen LogP contribution is -2.44. The van der Waals surface area contributed by atoms with Crippen molar-refractivity contribution in [1.82, 2.24) is 14.5 Å². The van der Waals surface area contributed by atoms with Gasteiger partial charge >= 0.3 is 5.97 Å². The molecular weight excluding hydrogens is 548 g/mol. The number of aliphatic carboxylic acids is 1. The van der Waals surface area contributed by atoms with Crippen molar-refractivity contribution in [2.24, 2.45) is 5.92 Å². The normalized spacial score (nSPS) is 14.3. The number of carboxylic acids is 1. The molecule has 0 saturated heterocycles. The molecule has 1 aliphatic rings. The van der Waals surface area contributed by atoms with E-state index in [1.54, 1.807) is 24.3 Å². The predicted octanol–water partition coefficient (Wildman–Crippen LogP) is 5.50. The number of rotatable bonds is 14. The zero-order valence-electron chi connectivity index (χ0n) is 24.3. The Hall–Kier alpha value is -3.97. The van der Waals surface area contributed by atoms with Gasteiger partial charge in [-0.05, 0) is 73.6 Å². The zero-order chi connectivity index (χ0) is 30.5. The first-order valence-corrected chi connectivity index (χ1v) is 14.8. The maximum atomic E-state index is 13.3. The van der Waals surface area contributed by atoms with E-state index in [-0.39, 0.29) is 24.4 Å². The van der Waals surface area contributed by atoms with Crippen LogP contribution in [0.1, 0.15) is 48.2 Å². The minimum absolute atomic E-state index is 0.228. The molecule has 1 unspecified atom stereocenters. The first-order chi connectivity index (χ1) is 20.2. The van der Waals surface area contributed by atoms with Crippen molar-refractivity contribution in [3.63, 3.8) is 0 Å². The fraction of sp³-hybridized carbons (Fsp3) is 0.333. The highest BCUT2D eigenvalue weighted by molar-refractivity contribution is 8.00. The van der Waals surface area contributed by atoms with Crippen LogP contribution in [0.15, 0.2) is 89.5 Å². The van der Waals surface area contributed by atoms with Gasteiger partial charge in [0.15, 0.2) is 0 Å². The van der Waals surface area contributed by atoms with Crippen molar-refractivity contribution >= 4 is 29.7 Å². The molecule has 2 atom stereocenters. The van der Waals surface area contributed by atoms with Crippen LogP contribution in [-0.4, -0.2) is 57.8 Å². The summed E-state index contributed by atoms with van der Waals surface area (Å²) in [5.41, 5.74) is 2.79. The topological polar surface area (TPSA) is 114 Å². The SMILES string of the molecule is CCCN(CC(C#N)[C@H](Cc1ccccc1)NCC(=O)O)SC1=CC=C(N(C(C)=O)C(=O)c2ccccc2C)C=CC1. The molecule has 9 heteroatoms. The van der Waals surface area contributed by atoms with E-state index in [4.69, 9.17) is 0 Å². The van der Waals surface area contributed by atoms with Crippen LogP contribution in [-0.2, 0) is 16.0 Å². The number of imide groups is 1. The van der Waals surface area contributed by atoms with Gasteiger partial charge in [-0.1, -0.05) is 61.5 Å². The summed E-state index contributed by atoms with van der Waals surface area (Å²) < 4.78 is 2.13. The number of benzene rings is 2. The van der Waals surface area contributed by atoms with E-state index >= 15 is 0 Å². The largest absolute Gasteiger partial charge is 0.480 e. The molecule has 0 heterocycles. The summed E-state index contributed by atoms with van der Waals surface area (Å²) >= 11 is 1.54. The van der Waals surface area contributed by atoms with Crippen molar-refractivity contribution in [2.75, 3.05) is 19.6 Å². The van der Waals surface area contributed by atoms with Crippen LogP contribution in [0.5, 0.6) is 0 Å². The Morgan fingerprint density at radius 2 is 1.81 bits per heavy atom. The highest BCUT2D eigenvalue weighted by Crippen LogP contribution is 2.29. The maximum absolute atomic E-state index is 13.3. The lowest BCUT2D eigenvalue weighted by molar-refractivity contribution is -0.136. The van der Waals surface area contributed by atoms with Gasteiger partial charge in [-0.15, -0.1) is 0 Å². The number of aryl methyl sites for hydroxylation is 1. The number of amides is 2. The maximum Gasteiger partial charge on any atom is 0.317 e. The number of carbonyl (C=O) groups excluding carboxylic acids is 2. The second-order valence-electron chi connectivity index (χ2n) is 10.1. The minimum Gasteiger partial charge on any atom is -0.480 e. The molecule has 0 bridgehead atoms. The van der Waals surface area contributed by atoms with Gasteiger partial charge in [0.25, 0.3) is 5.91 Å². The zero-order valence-corrected chi connectivity index (χ0v) is 25.1. The highest BCUT2D eigenvalue weighted by Gasteiger charge is 2.27. The quantitative estimate of drug-likeness (QED) is 0.279. The van der Waals surface area contributed by atoms with Crippen LogP contribution in [0.25, 0.3) is 0 Å². The van der Waals surface area contributed by atoms with Crippen LogP contribution < -0.4 is 5.32 Å². The predicted molar refractivity (Wildman–Crippen MR) is 166 cm³/mol. The molecule has 0 aromatic heterocycles. The van der Waals surface area contributed by atoms with Gasteiger partial charge in [-0.2, -0.15) is 5.26 Å². The summed E-state index contributed by atoms with van der Waals surface area (Å²) in [5, 5.41) is 22.5. The van der Waals surface area contributed by atoms with E-state index in [1.165, 1.54) is 23.8 Å². The molecule has 3 rings (SSSR count). The van der Waals surface area contributed by atoms with Crippen LogP contribution in [0.4, 0.5) is 0 Å². The van der Waals surface area contributed by atoms with Gasteiger partial charge < -0.3 is 10.4 Å². The van der Waals surface area contributed by atoms with Crippen molar-refractivity contribution < 1.29 is 19.5 Å². The van der Waals surface area contributed by atoms with Crippen molar-refractivity contribution in [1.29, 1.82) is 5.26 Å². The molecule has 42 heavy (non-hydrogen) atoms. The van der Waals surface area contributed by atoms with E-state index in [0.29, 0.717) is 30.6 Å². The number of nitriles is 1. The van der Waals surface area contributed by atoms with Crippen molar-refractivity contribution in [2.45, 2.75) is 46.1 Å². The molecule has 2 N–H and O–H groups in total. The Kier molecular flexibility index (Phi) is 12.8. The van der Waals surface area contributed by atoms with Gasteiger partial charge in [-0.3, -0.25) is 14.4 Å². The highest BCUT2D eigenvalue weighted by atomic mass is 32.2. The molecule has 2 aromatic rings. The molecule has 220 valence electrons. The molecule has 0 spiro atoms. The summed E-state index contributed by atoms with van der Waals surface area (Å²) in [6, 6.07) is 19.0. The monoisotopic (exact) mass is 586 g/mol. The van der Waals surface area contributed by atoms with Crippen LogP contribution in [0, 0.1) is 24.2 Å². The third-order valence-corrected chi connectivity index (χ3v) is 7.91. The van der Waals surface area contributed by atoms with E-state index < -0.39 is 11.9 Å². The molecule has 2 amide bonds. The van der Waals surface area contributed by atoms with Gasteiger partial charge in [0.2, 0.25) is 5.91 Å². The Morgan fingerprint density at radius 1 is 1.10 bits per heavy atom. The fourth-order valence-corrected chi connectivity index (χ4v) is 5.84. The molecule has 0 radical (unpaired) electrons. The van der Waals surface area contributed by atoms with Crippen LogP contribution in [0.3, 0.4) is 0 Å². The second-order valence-corrected chi connectivity index (χ2v) is 11.3. The number of hydrogen-bond acceptors (Lipinski definition) is 7. The average molecular weight is 587 g/mol.